The van der Waals surface area contributed by atoms with Crippen molar-refractivity contribution < 1.29 is 14.6 Å². The molecule has 0 radical (unpaired) electrons. The van der Waals surface area contributed by atoms with Crippen LogP contribution in [0.1, 0.15) is 45.4 Å². The third kappa shape index (κ3) is 6.07. The van der Waals surface area contributed by atoms with Crippen LogP contribution in [0.25, 0.3) is 0 Å². The zero-order chi connectivity index (χ0) is 19.1. The Kier molecular flexibility index (Phi) is 8.06. The molecule has 0 aromatic carbocycles. The molecule has 2 unspecified atom stereocenters. The first-order chi connectivity index (χ1) is 12.4. The lowest BCUT2D eigenvalue weighted by Crippen LogP contribution is -2.44. The minimum absolute atomic E-state index is 0.0173. The molecule has 1 aliphatic rings. The van der Waals surface area contributed by atoms with Crippen LogP contribution in [0.5, 0.6) is 0 Å². The number of aromatic nitrogens is 2. The number of nitrogens with zero attached hydrogens (tertiary/aromatic N) is 4. The van der Waals surface area contributed by atoms with Crippen molar-refractivity contribution in [3.05, 3.63) is 18.2 Å². The minimum atomic E-state index is -0.862. The van der Waals surface area contributed by atoms with Crippen LogP contribution in [0.3, 0.4) is 0 Å². The van der Waals surface area contributed by atoms with Gasteiger partial charge in [-0.25, -0.2) is 4.98 Å². The summed E-state index contributed by atoms with van der Waals surface area (Å²) in [5.41, 5.74) is 0. The predicted molar refractivity (Wildman–Crippen MR) is 101 cm³/mol. The number of aryl methyl sites for hydroxylation is 1. The first kappa shape index (κ1) is 20.9. The van der Waals surface area contributed by atoms with Crippen molar-refractivity contribution in [3.8, 4) is 0 Å². The Morgan fingerprint density at radius 3 is 2.73 bits per heavy atom. The van der Waals surface area contributed by atoms with E-state index in [-0.39, 0.29) is 12.0 Å². The first-order valence-corrected chi connectivity index (χ1v) is 9.68. The van der Waals surface area contributed by atoms with Gasteiger partial charge in [-0.2, -0.15) is 0 Å². The van der Waals surface area contributed by atoms with Gasteiger partial charge in [-0.05, 0) is 40.3 Å². The molecule has 2 rings (SSSR count). The number of piperidine rings is 1. The van der Waals surface area contributed by atoms with Gasteiger partial charge in [0.2, 0.25) is 5.91 Å². The number of amides is 1. The Morgan fingerprint density at radius 2 is 2.12 bits per heavy atom. The van der Waals surface area contributed by atoms with E-state index < -0.39 is 6.29 Å². The molecule has 0 bridgehead atoms. The largest absolute Gasteiger partial charge is 0.366 e. The maximum Gasteiger partial charge on any atom is 0.223 e. The standard InChI is InChI=1S/C19H34N4O3/c1-5-15(2)26-19(25)14-23-13-10-20-17(23)6-7-18(24)22-11-8-16(9-12-22)21(3)4/h10,13,15-16,19,25H,5-9,11-12,14H2,1-4H3. The number of carbonyl (C=O) groups is 1. The number of ether oxygens (including phenoxy) is 1. The van der Waals surface area contributed by atoms with E-state index in [1.54, 1.807) is 6.20 Å². The normalized spacial score (nSPS) is 18.3. The summed E-state index contributed by atoms with van der Waals surface area (Å²) in [6.45, 7) is 5.96. The van der Waals surface area contributed by atoms with Crippen LogP contribution < -0.4 is 0 Å². The summed E-state index contributed by atoms with van der Waals surface area (Å²) < 4.78 is 7.38. The Bertz CT molecular complexity index is 553. The van der Waals surface area contributed by atoms with E-state index in [0.717, 1.165) is 38.2 Å². The monoisotopic (exact) mass is 366 g/mol. The van der Waals surface area contributed by atoms with Crippen molar-refractivity contribution in [1.82, 2.24) is 19.4 Å². The van der Waals surface area contributed by atoms with Crippen LogP contribution in [0.2, 0.25) is 0 Å². The second-order valence-electron chi connectivity index (χ2n) is 7.38. The molecule has 7 nitrogen and oxygen atoms in total. The summed E-state index contributed by atoms with van der Waals surface area (Å²) in [5, 5.41) is 10.0. The fraction of sp³-hybridized carbons (Fsp3) is 0.789. The number of hydrogen-bond donors (Lipinski definition) is 1. The Hall–Kier alpha value is -1.44. The lowest BCUT2D eigenvalue weighted by atomic mass is 10.0. The van der Waals surface area contributed by atoms with Crippen molar-refractivity contribution in [2.45, 2.75) is 70.9 Å². The number of likely N-dealkylation sites (tertiary alicyclic amines) is 1. The van der Waals surface area contributed by atoms with Gasteiger partial charge in [0.1, 0.15) is 5.82 Å². The van der Waals surface area contributed by atoms with Gasteiger partial charge in [-0.3, -0.25) is 4.79 Å². The smallest absolute Gasteiger partial charge is 0.223 e. The molecule has 0 spiro atoms. The number of hydrogen-bond acceptors (Lipinski definition) is 5. The summed E-state index contributed by atoms with van der Waals surface area (Å²) in [5.74, 6) is 1.00. The number of aliphatic hydroxyl groups excluding tert-OH is 1. The van der Waals surface area contributed by atoms with E-state index in [0.29, 0.717) is 25.4 Å². The molecule has 1 saturated heterocycles. The quantitative estimate of drug-likeness (QED) is 0.671. The summed E-state index contributed by atoms with van der Waals surface area (Å²) in [7, 11) is 4.20. The van der Waals surface area contributed by atoms with E-state index in [2.05, 4.69) is 24.0 Å². The van der Waals surface area contributed by atoms with Gasteiger partial charge in [-0.15, -0.1) is 0 Å². The van der Waals surface area contributed by atoms with Crippen LogP contribution in [0.4, 0.5) is 0 Å². The third-order valence-electron chi connectivity index (χ3n) is 5.23. The van der Waals surface area contributed by atoms with Crippen LogP contribution >= 0.6 is 0 Å². The molecule has 0 aliphatic carbocycles. The first-order valence-electron chi connectivity index (χ1n) is 9.68. The van der Waals surface area contributed by atoms with E-state index >= 15 is 0 Å². The average Bonchev–Trinajstić information content (AvgIpc) is 3.06. The molecular formula is C19H34N4O3. The van der Waals surface area contributed by atoms with Crippen molar-refractivity contribution in [2.75, 3.05) is 27.2 Å². The SMILES string of the molecule is CCC(C)OC(O)Cn1ccnc1CCC(=O)N1CCC(N(C)C)CC1. The Morgan fingerprint density at radius 1 is 1.42 bits per heavy atom. The van der Waals surface area contributed by atoms with Gasteiger partial charge in [0.15, 0.2) is 6.29 Å². The van der Waals surface area contributed by atoms with Gasteiger partial charge in [0, 0.05) is 44.4 Å². The summed E-state index contributed by atoms with van der Waals surface area (Å²) in [4.78, 5) is 21.0. The maximum atomic E-state index is 12.5. The average molecular weight is 367 g/mol. The van der Waals surface area contributed by atoms with E-state index in [9.17, 15) is 9.90 Å². The second-order valence-corrected chi connectivity index (χ2v) is 7.38. The highest BCUT2D eigenvalue weighted by molar-refractivity contribution is 5.76. The highest BCUT2D eigenvalue weighted by Crippen LogP contribution is 2.16. The fourth-order valence-electron chi connectivity index (χ4n) is 3.32. The molecule has 148 valence electrons. The number of carbonyl (C=O) groups excluding carboxylic acids is 1. The number of rotatable bonds is 9. The molecule has 2 atom stereocenters. The molecule has 1 aromatic rings. The Labute approximate surface area is 156 Å². The fourth-order valence-corrected chi connectivity index (χ4v) is 3.32. The van der Waals surface area contributed by atoms with E-state index in [1.807, 2.05) is 29.5 Å². The van der Waals surface area contributed by atoms with E-state index in [4.69, 9.17) is 4.74 Å². The predicted octanol–water partition coefficient (Wildman–Crippen LogP) is 1.50. The molecule has 2 heterocycles. The van der Waals surface area contributed by atoms with Crippen LogP contribution in [0, 0.1) is 0 Å². The maximum absolute atomic E-state index is 12.5. The molecule has 1 aromatic heterocycles. The summed E-state index contributed by atoms with van der Waals surface area (Å²) >= 11 is 0. The lowest BCUT2D eigenvalue weighted by Gasteiger charge is -2.35. The van der Waals surface area contributed by atoms with Crippen molar-refractivity contribution in [2.24, 2.45) is 0 Å². The lowest BCUT2D eigenvalue weighted by molar-refractivity contribution is -0.138. The van der Waals surface area contributed by atoms with Crippen LogP contribution in [0.15, 0.2) is 12.4 Å². The van der Waals surface area contributed by atoms with Gasteiger partial charge in [-0.1, -0.05) is 6.92 Å². The topological polar surface area (TPSA) is 70.8 Å². The zero-order valence-electron chi connectivity index (χ0n) is 16.6. The van der Waals surface area contributed by atoms with Crippen LogP contribution in [-0.2, 0) is 22.5 Å². The van der Waals surface area contributed by atoms with Crippen molar-refractivity contribution >= 4 is 5.91 Å². The minimum Gasteiger partial charge on any atom is -0.366 e. The van der Waals surface area contributed by atoms with E-state index in [1.165, 1.54) is 0 Å². The van der Waals surface area contributed by atoms with Gasteiger partial charge >= 0.3 is 0 Å². The molecule has 1 amide bonds. The molecule has 1 N–H and O–H groups in total. The molecule has 0 saturated carbocycles. The van der Waals surface area contributed by atoms with Gasteiger partial charge in [0.25, 0.3) is 0 Å². The third-order valence-corrected chi connectivity index (χ3v) is 5.23. The van der Waals surface area contributed by atoms with Crippen LogP contribution in [-0.4, -0.2) is 76.0 Å². The van der Waals surface area contributed by atoms with Crippen molar-refractivity contribution in [1.29, 1.82) is 0 Å². The molecule has 26 heavy (non-hydrogen) atoms. The van der Waals surface area contributed by atoms with Gasteiger partial charge < -0.3 is 24.2 Å². The highest BCUT2D eigenvalue weighted by atomic mass is 16.6. The Balaban J connectivity index is 1.79. The zero-order valence-corrected chi connectivity index (χ0v) is 16.6. The molecule has 1 fully saturated rings. The van der Waals surface area contributed by atoms with Crippen molar-refractivity contribution in [3.63, 3.8) is 0 Å². The molecular weight excluding hydrogens is 332 g/mol. The number of imidazole rings is 1. The summed E-state index contributed by atoms with van der Waals surface area (Å²) in [6, 6.07) is 0.574. The molecule has 7 heteroatoms. The molecule has 1 aliphatic heterocycles. The second kappa shape index (κ2) is 10.0. The summed E-state index contributed by atoms with van der Waals surface area (Å²) in [6.07, 6.45) is 6.64. The number of aliphatic hydroxyl groups is 1. The van der Waals surface area contributed by atoms with Gasteiger partial charge in [0.05, 0.1) is 12.6 Å². The highest BCUT2D eigenvalue weighted by Gasteiger charge is 2.24.